The number of halogens is 1. The molecule has 0 aliphatic carbocycles. The van der Waals surface area contributed by atoms with Crippen molar-refractivity contribution in [1.29, 1.82) is 0 Å². The van der Waals surface area contributed by atoms with Gasteiger partial charge in [0, 0.05) is 30.8 Å². The van der Waals surface area contributed by atoms with Crippen LogP contribution in [0.4, 0.5) is 10.3 Å². The average molecular weight is 486 g/mol. The Balaban J connectivity index is 2.08. The van der Waals surface area contributed by atoms with Gasteiger partial charge in [0.05, 0.1) is 30.0 Å². The number of hydrogen-bond acceptors (Lipinski definition) is 7. The lowest BCUT2D eigenvalue weighted by atomic mass is 9.95. The van der Waals surface area contributed by atoms with E-state index in [1.807, 2.05) is 25.3 Å². The number of hydrogen-bond donors (Lipinski definition) is 4. The molecule has 0 saturated carbocycles. The topological polar surface area (TPSA) is 133 Å². The van der Waals surface area contributed by atoms with E-state index in [2.05, 4.69) is 15.3 Å². The maximum absolute atomic E-state index is 13.7. The second-order valence-electron chi connectivity index (χ2n) is 9.49. The first-order valence-electron chi connectivity index (χ1n) is 11.5. The highest BCUT2D eigenvalue weighted by Crippen LogP contribution is 2.36. The number of aliphatic hydroxyl groups excluding tert-OH is 2. The van der Waals surface area contributed by atoms with Crippen molar-refractivity contribution in [2.45, 2.75) is 64.2 Å². The number of benzene rings is 1. The minimum absolute atomic E-state index is 0.0535. The van der Waals surface area contributed by atoms with E-state index in [-0.39, 0.29) is 24.1 Å². The minimum Gasteiger partial charge on any atom is -0.481 e. The van der Waals surface area contributed by atoms with Gasteiger partial charge in [0.15, 0.2) is 0 Å². The maximum atomic E-state index is 13.7. The molecule has 0 saturated heterocycles. The fourth-order valence-electron chi connectivity index (χ4n) is 3.93. The molecule has 2 heterocycles. The molecule has 0 bridgehead atoms. The van der Waals surface area contributed by atoms with Crippen LogP contribution in [-0.2, 0) is 16.8 Å². The first kappa shape index (κ1) is 26.2. The fraction of sp³-hybridized carbons (Fsp3) is 0.440. The summed E-state index contributed by atoms with van der Waals surface area (Å²) in [6.45, 7) is 6.42. The molecule has 0 aliphatic heterocycles. The lowest BCUT2D eigenvalue weighted by Gasteiger charge is -2.23. The Hall–Kier alpha value is -3.37. The number of aromatic nitrogens is 4. The molecule has 2 aromatic heterocycles. The molecule has 2 atom stereocenters. The van der Waals surface area contributed by atoms with E-state index < -0.39 is 24.6 Å². The molecule has 0 fully saturated rings. The number of rotatable bonds is 10. The molecule has 0 radical (unpaired) electrons. The van der Waals surface area contributed by atoms with Crippen molar-refractivity contribution in [3.8, 4) is 22.6 Å². The lowest BCUT2D eigenvalue weighted by Crippen LogP contribution is -2.24. The van der Waals surface area contributed by atoms with Gasteiger partial charge >= 0.3 is 5.97 Å². The number of carboxylic acids is 1. The third-order valence-electron chi connectivity index (χ3n) is 5.52. The predicted molar refractivity (Wildman–Crippen MR) is 130 cm³/mol. The van der Waals surface area contributed by atoms with E-state index >= 15 is 0 Å². The Labute approximate surface area is 203 Å². The molecule has 3 aromatic rings. The molecule has 0 aliphatic rings. The van der Waals surface area contributed by atoms with E-state index in [4.69, 9.17) is 10.1 Å². The largest absolute Gasteiger partial charge is 0.481 e. The van der Waals surface area contributed by atoms with Crippen molar-refractivity contribution in [2.75, 3.05) is 12.4 Å². The van der Waals surface area contributed by atoms with Gasteiger partial charge in [-0.25, -0.2) is 19.3 Å². The fourth-order valence-corrected chi connectivity index (χ4v) is 3.93. The van der Waals surface area contributed by atoms with Crippen LogP contribution in [0, 0.1) is 5.82 Å². The normalized spacial score (nSPS) is 13.5. The van der Waals surface area contributed by atoms with E-state index in [0.29, 0.717) is 29.6 Å². The number of aliphatic hydroxyl groups is 2. The third-order valence-corrected chi connectivity index (χ3v) is 5.52. The van der Waals surface area contributed by atoms with Crippen LogP contribution in [0.5, 0.6) is 0 Å². The maximum Gasteiger partial charge on any atom is 0.305 e. The van der Waals surface area contributed by atoms with Crippen molar-refractivity contribution in [3.63, 3.8) is 0 Å². The van der Waals surface area contributed by atoms with Crippen LogP contribution >= 0.6 is 0 Å². The van der Waals surface area contributed by atoms with E-state index in [1.165, 1.54) is 12.1 Å². The van der Waals surface area contributed by atoms with Gasteiger partial charge in [0.1, 0.15) is 17.3 Å². The first-order chi connectivity index (χ1) is 16.5. The Bertz CT molecular complexity index is 1160. The van der Waals surface area contributed by atoms with Crippen LogP contribution in [0.3, 0.4) is 0 Å². The van der Waals surface area contributed by atoms with Crippen LogP contribution in [0.1, 0.15) is 45.9 Å². The highest BCUT2D eigenvalue weighted by molar-refractivity contribution is 5.78. The van der Waals surface area contributed by atoms with Crippen molar-refractivity contribution in [2.24, 2.45) is 0 Å². The summed E-state index contributed by atoms with van der Waals surface area (Å²) in [7, 11) is 1.72. The molecule has 35 heavy (non-hydrogen) atoms. The summed E-state index contributed by atoms with van der Waals surface area (Å²) >= 11 is 0. The van der Waals surface area contributed by atoms with Crippen LogP contribution < -0.4 is 5.32 Å². The summed E-state index contributed by atoms with van der Waals surface area (Å²) in [5.74, 6) is -0.305. The number of carboxylic acid groups (broad SMARTS) is 1. The highest BCUT2D eigenvalue weighted by Gasteiger charge is 2.28. The number of imidazole rings is 1. The van der Waals surface area contributed by atoms with Crippen molar-refractivity contribution in [3.05, 3.63) is 48.2 Å². The Morgan fingerprint density at radius 2 is 1.80 bits per heavy atom. The molecule has 10 heteroatoms. The van der Waals surface area contributed by atoms with Gasteiger partial charge < -0.3 is 25.2 Å². The minimum atomic E-state index is -1.14. The lowest BCUT2D eigenvalue weighted by molar-refractivity contribution is -0.139. The summed E-state index contributed by atoms with van der Waals surface area (Å²) in [5.41, 5.74) is 2.26. The SMILES string of the molecule is CNc1nccc(-c2nc(C(C)(C)C)n(CCC(O)CC(O)CC(=O)O)c2-c2ccc(F)cc2)n1. The highest BCUT2D eigenvalue weighted by atomic mass is 19.1. The van der Waals surface area contributed by atoms with Gasteiger partial charge in [-0.05, 0) is 43.2 Å². The van der Waals surface area contributed by atoms with Gasteiger partial charge in [-0.2, -0.15) is 0 Å². The van der Waals surface area contributed by atoms with Gasteiger partial charge in [0.2, 0.25) is 5.95 Å². The predicted octanol–water partition coefficient (Wildman–Crippen LogP) is 3.46. The summed E-state index contributed by atoms with van der Waals surface area (Å²) in [6.07, 6.45) is -0.648. The zero-order chi connectivity index (χ0) is 25.8. The molecule has 0 amide bonds. The second kappa shape index (κ2) is 10.9. The van der Waals surface area contributed by atoms with Gasteiger partial charge in [-0.3, -0.25) is 4.79 Å². The number of nitrogens with one attached hydrogen (secondary N) is 1. The molecule has 9 nitrogen and oxygen atoms in total. The Kier molecular flexibility index (Phi) is 8.18. The standard InChI is InChI=1S/C25H32FN5O4/c1-25(2,3)23-30-21(19-9-11-28-24(27-4)29-19)22(15-5-7-16(26)8-6-15)31(23)12-10-17(32)13-18(33)14-20(34)35/h5-9,11,17-18,32-33H,10,12-14H2,1-4H3,(H,34,35)(H,27,28,29). The van der Waals surface area contributed by atoms with Crippen LogP contribution in [0.2, 0.25) is 0 Å². The molecule has 188 valence electrons. The zero-order valence-electron chi connectivity index (χ0n) is 20.4. The van der Waals surface area contributed by atoms with Gasteiger partial charge in [-0.15, -0.1) is 0 Å². The molecule has 1 aromatic carbocycles. The summed E-state index contributed by atoms with van der Waals surface area (Å²) in [5, 5.41) is 32.2. The Morgan fingerprint density at radius 3 is 2.40 bits per heavy atom. The second-order valence-corrected chi connectivity index (χ2v) is 9.49. The molecule has 2 unspecified atom stereocenters. The first-order valence-corrected chi connectivity index (χ1v) is 11.5. The zero-order valence-corrected chi connectivity index (χ0v) is 20.4. The smallest absolute Gasteiger partial charge is 0.305 e. The van der Waals surface area contributed by atoms with E-state index in [1.54, 1.807) is 31.4 Å². The average Bonchev–Trinajstić information content (AvgIpc) is 3.17. The van der Waals surface area contributed by atoms with Crippen LogP contribution in [0.15, 0.2) is 36.5 Å². The Morgan fingerprint density at radius 1 is 1.11 bits per heavy atom. The van der Waals surface area contributed by atoms with E-state index in [9.17, 15) is 19.4 Å². The van der Waals surface area contributed by atoms with Crippen molar-refractivity contribution >= 4 is 11.9 Å². The summed E-state index contributed by atoms with van der Waals surface area (Å²) < 4.78 is 15.7. The molecule has 0 spiro atoms. The van der Waals surface area contributed by atoms with E-state index in [0.717, 1.165) is 11.4 Å². The molecular formula is C25H32FN5O4. The number of nitrogens with zero attached hydrogens (tertiary/aromatic N) is 4. The number of anilines is 1. The third kappa shape index (κ3) is 6.61. The van der Waals surface area contributed by atoms with Gasteiger partial charge in [0.25, 0.3) is 0 Å². The monoisotopic (exact) mass is 485 g/mol. The van der Waals surface area contributed by atoms with Crippen LogP contribution in [0.25, 0.3) is 22.6 Å². The number of aliphatic carboxylic acids is 1. The molecule has 4 N–H and O–H groups in total. The molecule has 3 rings (SSSR count). The van der Waals surface area contributed by atoms with Crippen molar-refractivity contribution in [1.82, 2.24) is 19.5 Å². The summed E-state index contributed by atoms with van der Waals surface area (Å²) in [4.78, 5) is 24.5. The molecular weight excluding hydrogens is 453 g/mol. The van der Waals surface area contributed by atoms with Crippen LogP contribution in [-0.4, -0.2) is 60.1 Å². The quantitative estimate of drug-likeness (QED) is 0.343. The van der Waals surface area contributed by atoms with Gasteiger partial charge in [-0.1, -0.05) is 20.8 Å². The number of carbonyl (C=O) groups is 1. The summed E-state index contributed by atoms with van der Waals surface area (Å²) in [6, 6.07) is 7.86. The van der Waals surface area contributed by atoms with Crippen molar-refractivity contribution < 1.29 is 24.5 Å².